The topological polar surface area (TPSA) is 38.7 Å². The van der Waals surface area contributed by atoms with Crippen molar-refractivity contribution in [1.82, 2.24) is 0 Å². The number of rotatable bonds is 22. The van der Waals surface area contributed by atoms with Gasteiger partial charge < -0.3 is 14.6 Å². The predicted octanol–water partition coefficient (Wildman–Crippen LogP) is 8.57. The molecule has 0 bridgehead atoms. The summed E-state index contributed by atoms with van der Waals surface area (Å²) in [7, 11) is 0. The molecule has 1 fully saturated rings. The molecule has 1 aliphatic heterocycles. The second-order valence-corrected chi connectivity index (χ2v) is 10.0. The third-order valence-electron chi connectivity index (χ3n) is 6.91. The zero-order valence-corrected chi connectivity index (χ0v) is 21.3. The Kier molecular flexibility index (Phi) is 20.2. The summed E-state index contributed by atoms with van der Waals surface area (Å²) in [5.41, 5.74) is 0. The molecule has 0 saturated carbocycles. The van der Waals surface area contributed by atoms with E-state index in [2.05, 4.69) is 13.8 Å². The maximum absolute atomic E-state index is 10.6. The van der Waals surface area contributed by atoms with Gasteiger partial charge in [-0.3, -0.25) is 0 Å². The van der Waals surface area contributed by atoms with Crippen LogP contribution in [0.25, 0.3) is 0 Å². The van der Waals surface area contributed by atoms with Crippen molar-refractivity contribution in [3.63, 3.8) is 0 Å². The maximum atomic E-state index is 10.6. The molecule has 2 unspecified atom stereocenters. The summed E-state index contributed by atoms with van der Waals surface area (Å²) < 4.78 is 11.5. The highest BCUT2D eigenvalue weighted by molar-refractivity contribution is 4.67. The first-order valence-corrected chi connectivity index (χ1v) is 14.2. The number of ether oxygens (including phenoxy) is 2. The summed E-state index contributed by atoms with van der Waals surface area (Å²) >= 11 is 0. The number of hydrogen-bond acceptors (Lipinski definition) is 3. The van der Waals surface area contributed by atoms with Crippen LogP contribution in [-0.4, -0.2) is 30.7 Å². The summed E-state index contributed by atoms with van der Waals surface area (Å²) in [6, 6.07) is 0. The van der Waals surface area contributed by atoms with E-state index in [0.29, 0.717) is 0 Å². The quantitative estimate of drug-likeness (QED) is 0.171. The van der Waals surface area contributed by atoms with E-state index >= 15 is 0 Å². The normalized spacial score (nSPS) is 18.0. The molecule has 186 valence electrons. The molecule has 0 aromatic heterocycles. The van der Waals surface area contributed by atoms with Gasteiger partial charge in [-0.15, -0.1) is 0 Å². The smallest absolute Gasteiger partial charge is 0.157 e. The highest BCUT2D eigenvalue weighted by Crippen LogP contribution is 2.25. The van der Waals surface area contributed by atoms with Crippen molar-refractivity contribution < 1.29 is 14.6 Å². The van der Waals surface area contributed by atoms with Gasteiger partial charge in [0.1, 0.15) is 0 Å². The largest absolute Gasteiger partial charge is 0.393 e. The molecule has 0 aromatic rings. The molecule has 1 rings (SSSR count). The van der Waals surface area contributed by atoms with Crippen molar-refractivity contribution >= 4 is 0 Å². The second kappa shape index (κ2) is 21.7. The molecular formula is C28H56O3. The molecule has 0 radical (unpaired) electrons. The number of aliphatic hydroxyl groups is 1. The molecule has 1 N–H and O–H groups in total. The van der Waals surface area contributed by atoms with E-state index in [-0.39, 0.29) is 12.4 Å². The Morgan fingerprint density at radius 2 is 1.32 bits per heavy atom. The van der Waals surface area contributed by atoms with E-state index in [4.69, 9.17) is 9.47 Å². The highest BCUT2D eigenvalue weighted by Gasteiger charge is 2.16. The van der Waals surface area contributed by atoms with E-state index in [0.717, 1.165) is 51.2 Å². The monoisotopic (exact) mass is 440 g/mol. The Morgan fingerprint density at radius 1 is 0.742 bits per heavy atom. The van der Waals surface area contributed by atoms with Gasteiger partial charge >= 0.3 is 0 Å². The van der Waals surface area contributed by atoms with Crippen molar-refractivity contribution in [2.45, 2.75) is 161 Å². The maximum Gasteiger partial charge on any atom is 0.157 e. The molecule has 3 heteroatoms. The fourth-order valence-corrected chi connectivity index (χ4v) is 4.85. The Hall–Kier alpha value is -0.120. The zero-order valence-electron chi connectivity index (χ0n) is 21.3. The van der Waals surface area contributed by atoms with Crippen LogP contribution in [0.2, 0.25) is 0 Å². The predicted molar refractivity (Wildman–Crippen MR) is 133 cm³/mol. The van der Waals surface area contributed by atoms with Gasteiger partial charge in [-0.2, -0.15) is 0 Å². The van der Waals surface area contributed by atoms with Crippen molar-refractivity contribution in [2.75, 3.05) is 13.2 Å². The van der Waals surface area contributed by atoms with Crippen molar-refractivity contribution in [1.29, 1.82) is 0 Å². The summed E-state index contributed by atoms with van der Waals surface area (Å²) in [5, 5.41) is 10.6. The van der Waals surface area contributed by atoms with Gasteiger partial charge in [0.25, 0.3) is 0 Å². The van der Waals surface area contributed by atoms with Crippen LogP contribution in [0.1, 0.15) is 149 Å². The minimum absolute atomic E-state index is 0.0257. The average molecular weight is 441 g/mol. The highest BCUT2D eigenvalue weighted by atomic mass is 16.7. The molecule has 31 heavy (non-hydrogen) atoms. The zero-order chi connectivity index (χ0) is 22.4. The lowest BCUT2D eigenvalue weighted by molar-refractivity contribution is -0.162. The first-order valence-electron chi connectivity index (χ1n) is 14.2. The minimum atomic E-state index is -0.129. The van der Waals surface area contributed by atoms with Crippen LogP contribution in [0.5, 0.6) is 0 Å². The van der Waals surface area contributed by atoms with Crippen molar-refractivity contribution in [2.24, 2.45) is 5.92 Å². The molecule has 0 spiro atoms. The SMILES string of the molecule is CCCCCCCCC(CCCCCCCC)CC(O)CCCCOC1CCCCO1. The van der Waals surface area contributed by atoms with Crippen LogP contribution in [0, 0.1) is 5.92 Å². The van der Waals surface area contributed by atoms with E-state index < -0.39 is 0 Å². The van der Waals surface area contributed by atoms with Gasteiger partial charge in [0.05, 0.1) is 6.10 Å². The Morgan fingerprint density at radius 3 is 1.90 bits per heavy atom. The molecule has 0 aromatic carbocycles. The molecule has 1 saturated heterocycles. The lowest BCUT2D eigenvalue weighted by Crippen LogP contribution is -2.22. The van der Waals surface area contributed by atoms with E-state index in [1.165, 1.54) is 103 Å². The lowest BCUT2D eigenvalue weighted by atomic mass is 9.88. The third-order valence-corrected chi connectivity index (χ3v) is 6.91. The van der Waals surface area contributed by atoms with Gasteiger partial charge in [-0.1, -0.05) is 104 Å². The van der Waals surface area contributed by atoms with E-state index in [1.807, 2.05) is 0 Å². The van der Waals surface area contributed by atoms with Gasteiger partial charge in [0.2, 0.25) is 0 Å². The van der Waals surface area contributed by atoms with Crippen molar-refractivity contribution in [3.8, 4) is 0 Å². The van der Waals surface area contributed by atoms with Crippen LogP contribution < -0.4 is 0 Å². The van der Waals surface area contributed by atoms with Crippen LogP contribution in [0.3, 0.4) is 0 Å². The molecule has 0 amide bonds. The molecule has 3 nitrogen and oxygen atoms in total. The number of aliphatic hydroxyl groups excluding tert-OH is 1. The number of hydrogen-bond donors (Lipinski definition) is 1. The molecule has 1 aliphatic rings. The third kappa shape index (κ3) is 18.0. The lowest BCUT2D eigenvalue weighted by Gasteiger charge is -2.23. The fraction of sp³-hybridized carbons (Fsp3) is 1.00. The van der Waals surface area contributed by atoms with E-state index in [9.17, 15) is 5.11 Å². The standard InChI is InChI=1S/C28H56O3/c1-3-5-7-9-11-13-19-26(20-14-12-10-8-6-4-2)25-27(29)21-15-17-23-30-28-22-16-18-24-31-28/h26-29H,3-25H2,1-2H3. The summed E-state index contributed by atoms with van der Waals surface area (Å²) in [4.78, 5) is 0. The van der Waals surface area contributed by atoms with Gasteiger partial charge in [-0.05, 0) is 50.9 Å². The van der Waals surface area contributed by atoms with Crippen LogP contribution >= 0.6 is 0 Å². The summed E-state index contributed by atoms with van der Waals surface area (Å²) in [5.74, 6) is 0.722. The van der Waals surface area contributed by atoms with E-state index in [1.54, 1.807) is 0 Å². The summed E-state index contributed by atoms with van der Waals surface area (Å²) in [6.07, 6.45) is 26.5. The molecule has 1 heterocycles. The van der Waals surface area contributed by atoms with Gasteiger partial charge in [0.15, 0.2) is 6.29 Å². The van der Waals surface area contributed by atoms with Gasteiger partial charge in [-0.25, -0.2) is 0 Å². The Balaban J connectivity index is 2.15. The van der Waals surface area contributed by atoms with Crippen LogP contribution in [0.15, 0.2) is 0 Å². The summed E-state index contributed by atoms with van der Waals surface area (Å²) in [6.45, 7) is 6.19. The first-order chi connectivity index (χ1) is 15.3. The first kappa shape index (κ1) is 28.9. The fourth-order valence-electron chi connectivity index (χ4n) is 4.85. The molecular weight excluding hydrogens is 384 g/mol. The Bertz CT molecular complexity index is 338. The van der Waals surface area contributed by atoms with Crippen LogP contribution in [-0.2, 0) is 9.47 Å². The second-order valence-electron chi connectivity index (χ2n) is 10.0. The average Bonchev–Trinajstić information content (AvgIpc) is 2.78. The number of unbranched alkanes of at least 4 members (excludes halogenated alkanes) is 11. The minimum Gasteiger partial charge on any atom is -0.393 e. The van der Waals surface area contributed by atoms with Crippen LogP contribution in [0.4, 0.5) is 0 Å². The molecule has 0 aliphatic carbocycles. The van der Waals surface area contributed by atoms with Gasteiger partial charge in [0, 0.05) is 13.2 Å². The van der Waals surface area contributed by atoms with Crippen molar-refractivity contribution in [3.05, 3.63) is 0 Å². The molecule has 2 atom stereocenters. The Labute approximate surface area is 195 Å².